The molecule has 0 saturated heterocycles. The molecular weight excluding hydrogens is 387 g/mol. The Morgan fingerprint density at radius 1 is 1.17 bits per heavy atom. The number of aliphatic carboxylic acids is 1. The molecule has 2 N–H and O–H groups in total. The number of rotatable bonds is 4. The monoisotopic (exact) mass is 405 g/mol. The molecule has 0 fully saturated rings. The van der Waals surface area contributed by atoms with Crippen LogP contribution in [0, 0.1) is 24.4 Å². The summed E-state index contributed by atoms with van der Waals surface area (Å²) in [4.78, 5) is 25.1. The Morgan fingerprint density at radius 3 is 2.38 bits per heavy atom. The van der Waals surface area contributed by atoms with E-state index in [0.717, 1.165) is 22.8 Å². The van der Waals surface area contributed by atoms with E-state index in [9.17, 15) is 33.0 Å². The molecule has 5 nitrogen and oxygen atoms in total. The van der Waals surface area contributed by atoms with Gasteiger partial charge in [-0.3, -0.25) is 14.2 Å². The Labute approximate surface area is 164 Å². The minimum Gasteiger partial charge on any atom is -0.503 e. The SMILES string of the molecule is CC[C@@](C)(C(=O)O)c1c(C)n(C(=O)c2cccc(F)c2)c2cc(F)c(O)c(F)c12. The number of halogens is 3. The largest absolute Gasteiger partial charge is 0.503 e. The van der Waals surface area contributed by atoms with E-state index < -0.39 is 40.5 Å². The molecular formula is C21H18F3NO4. The highest BCUT2D eigenvalue weighted by molar-refractivity contribution is 6.06. The van der Waals surface area contributed by atoms with E-state index in [1.54, 1.807) is 6.92 Å². The second-order valence-electron chi connectivity index (χ2n) is 7.02. The zero-order chi connectivity index (χ0) is 21.7. The van der Waals surface area contributed by atoms with Crippen LogP contribution in [0.15, 0.2) is 30.3 Å². The average molecular weight is 405 g/mol. The van der Waals surface area contributed by atoms with Gasteiger partial charge >= 0.3 is 5.97 Å². The molecule has 8 heteroatoms. The van der Waals surface area contributed by atoms with E-state index in [2.05, 4.69) is 0 Å². The number of carboxylic acid groups (broad SMARTS) is 1. The molecule has 1 atom stereocenters. The van der Waals surface area contributed by atoms with Crippen molar-refractivity contribution in [2.24, 2.45) is 0 Å². The second kappa shape index (κ2) is 6.95. The van der Waals surface area contributed by atoms with E-state index in [1.807, 2.05) is 0 Å². The van der Waals surface area contributed by atoms with Gasteiger partial charge in [0.2, 0.25) is 0 Å². The first-order valence-electron chi connectivity index (χ1n) is 8.80. The van der Waals surface area contributed by atoms with Crippen molar-refractivity contribution in [2.45, 2.75) is 32.6 Å². The molecule has 0 bridgehead atoms. The van der Waals surface area contributed by atoms with Crippen molar-refractivity contribution >= 4 is 22.8 Å². The lowest BCUT2D eigenvalue weighted by Gasteiger charge is -2.24. The lowest BCUT2D eigenvalue weighted by Crippen LogP contribution is -2.32. The zero-order valence-electron chi connectivity index (χ0n) is 15.9. The number of aromatic hydroxyl groups is 1. The van der Waals surface area contributed by atoms with Gasteiger partial charge in [-0.1, -0.05) is 13.0 Å². The van der Waals surface area contributed by atoms with Gasteiger partial charge in [-0.05, 0) is 38.5 Å². The normalized spacial score (nSPS) is 13.4. The van der Waals surface area contributed by atoms with Gasteiger partial charge in [-0.2, -0.15) is 0 Å². The van der Waals surface area contributed by atoms with Crippen molar-refractivity contribution in [1.29, 1.82) is 0 Å². The number of hydrogen-bond donors (Lipinski definition) is 2. The highest BCUT2D eigenvalue weighted by Crippen LogP contribution is 2.42. The first kappa shape index (κ1) is 20.4. The van der Waals surface area contributed by atoms with Crippen molar-refractivity contribution < 1.29 is 33.0 Å². The molecule has 2 aromatic carbocycles. The van der Waals surface area contributed by atoms with Gasteiger partial charge in [0.25, 0.3) is 5.91 Å². The van der Waals surface area contributed by atoms with Gasteiger partial charge in [-0.15, -0.1) is 0 Å². The summed E-state index contributed by atoms with van der Waals surface area (Å²) < 4.78 is 43.6. The first-order valence-corrected chi connectivity index (χ1v) is 8.80. The Morgan fingerprint density at radius 2 is 1.83 bits per heavy atom. The summed E-state index contributed by atoms with van der Waals surface area (Å²) >= 11 is 0. The van der Waals surface area contributed by atoms with Crippen LogP contribution in [0.1, 0.15) is 41.9 Å². The second-order valence-corrected chi connectivity index (χ2v) is 7.02. The molecule has 0 spiro atoms. The molecule has 1 aromatic heterocycles. The molecule has 0 radical (unpaired) electrons. The lowest BCUT2D eigenvalue weighted by atomic mass is 9.78. The fraction of sp³-hybridized carbons (Fsp3) is 0.238. The van der Waals surface area contributed by atoms with Crippen LogP contribution in [0.4, 0.5) is 13.2 Å². The molecule has 152 valence electrons. The van der Waals surface area contributed by atoms with Crippen molar-refractivity contribution in [2.75, 3.05) is 0 Å². The van der Waals surface area contributed by atoms with Crippen LogP contribution in [-0.2, 0) is 10.2 Å². The highest BCUT2D eigenvalue weighted by Gasteiger charge is 2.40. The number of carbonyl (C=O) groups excluding carboxylic acids is 1. The Kier molecular flexibility index (Phi) is 4.90. The molecule has 0 aliphatic carbocycles. The predicted molar refractivity (Wildman–Crippen MR) is 99.7 cm³/mol. The average Bonchev–Trinajstić information content (AvgIpc) is 2.97. The molecule has 0 aliphatic heterocycles. The number of aromatic nitrogens is 1. The van der Waals surface area contributed by atoms with E-state index in [4.69, 9.17) is 0 Å². The van der Waals surface area contributed by atoms with Crippen molar-refractivity contribution in [3.05, 3.63) is 64.6 Å². The zero-order valence-corrected chi connectivity index (χ0v) is 15.9. The summed E-state index contributed by atoms with van der Waals surface area (Å²) in [5.41, 5.74) is -1.95. The third kappa shape index (κ3) is 2.95. The summed E-state index contributed by atoms with van der Waals surface area (Å²) in [5.74, 6) is -6.66. The number of fused-ring (bicyclic) bond motifs is 1. The van der Waals surface area contributed by atoms with Crippen LogP contribution in [0.2, 0.25) is 0 Å². The molecule has 0 amide bonds. The van der Waals surface area contributed by atoms with Gasteiger partial charge in [0.1, 0.15) is 5.82 Å². The van der Waals surface area contributed by atoms with E-state index in [1.165, 1.54) is 26.0 Å². The summed E-state index contributed by atoms with van der Waals surface area (Å²) in [6, 6.07) is 5.51. The van der Waals surface area contributed by atoms with Crippen LogP contribution in [-0.4, -0.2) is 26.7 Å². The van der Waals surface area contributed by atoms with Crippen LogP contribution < -0.4 is 0 Å². The maximum Gasteiger partial charge on any atom is 0.313 e. The minimum atomic E-state index is -1.62. The summed E-state index contributed by atoms with van der Waals surface area (Å²) in [7, 11) is 0. The van der Waals surface area contributed by atoms with Crippen LogP contribution in [0.3, 0.4) is 0 Å². The number of carbonyl (C=O) groups is 2. The van der Waals surface area contributed by atoms with Gasteiger partial charge < -0.3 is 10.2 Å². The van der Waals surface area contributed by atoms with E-state index in [0.29, 0.717) is 0 Å². The number of phenols is 1. The van der Waals surface area contributed by atoms with E-state index >= 15 is 0 Å². The standard InChI is InChI=1S/C21H18F3NO4/c1-4-21(3,20(28)29)16-10(2)25(19(27)11-6-5-7-12(22)8-11)14-9-13(23)18(26)17(24)15(14)16/h5-9,26H,4H2,1-3H3,(H,28,29)/t21-/m1/s1. The van der Waals surface area contributed by atoms with Crippen LogP contribution in [0.25, 0.3) is 10.9 Å². The van der Waals surface area contributed by atoms with Gasteiger partial charge in [-0.25, -0.2) is 13.2 Å². The maximum absolute atomic E-state index is 14.9. The van der Waals surface area contributed by atoms with Crippen LogP contribution >= 0.6 is 0 Å². The topological polar surface area (TPSA) is 79.5 Å². The molecule has 0 unspecified atom stereocenters. The van der Waals surface area contributed by atoms with Crippen molar-refractivity contribution in [3.63, 3.8) is 0 Å². The fourth-order valence-corrected chi connectivity index (χ4v) is 3.61. The number of hydrogen-bond acceptors (Lipinski definition) is 3. The summed E-state index contributed by atoms with van der Waals surface area (Å²) in [6.45, 7) is 4.33. The third-order valence-corrected chi connectivity index (χ3v) is 5.37. The van der Waals surface area contributed by atoms with E-state index in [-0.39, 0.29) is 34.1 Å². The number of carboxylic acids is 1. The number of nitrogens with zero attached hydrogens (tertiary/aromatic N) is 1. The Balaban J connectivity index is 2.48. The molecule has 1 heterocycles. The first-order chi connectivity index (χ1) is 13.5. The minimum absolute atomic E-state index is 0.0357. The Hall–Kier alpha value is -3.29. The lowest BCUT2D eigenvalue weighted by molar-refractivity contribution is -0.143. The van der Waals surface area contributed by atoms with Crippen LogP contribution in [0.5, 0.6) is 5.75 Å². The number of phenolic OH excluding ortho intramolecular Hbond substituents is 1. The van der Waals surface area contributed by atoms with Gasteiger partial charge in [0.15, 0.2) is 17.4 Å². The van der Waals surface area contributed by atoms with Crippen molar-refractivity contribution in [1.82, 2.24) is 4.57 Å². The highest BCUT2D eigenvalue weighted by atomic mass is 19.1. The smallest absolute Gasteiger partial charge is 0.313 e. The summed E-state index contributed by atoms with van der Waals surface area (Å²) in [6.07, 6.45) is 0.0357. The summed E-state index contributed by atoms with van der Waals surface area (Å²) in [5, 5.41) is 19.2. The molecule has 3 aromatic rings. The maximum atomic E-state index is 14.9. The third-order valence-electron chi connectivity index (χ3n) is 5.37. The molecule has 0 aliphatic rings. The number of benzene rings is 2. The predicted octanol–water partition coefficient (Wildman–Crippen LogP) is 4.51. The molecule has 29 heavy (non-hydrogen) atoms. The quantitative estimate of drug-likeness (QED) is 0.669. The fourth-order valence-electron chi connectivity index (χ4n) is 3.61. The van der Waals surface area contributed by atoms with Gasteiger partial charge in [0, 0.05) is 28.3 Å². The Bertz CT molecular complexity index is 1170. The molecule has 3 rings (SSSR count). The van der Waals surface area contributed by atoms with Crippen molar-refractivity contribution in [3.8, 4) is 5.75 Å². The molecule has 0 saturated carbocycles. The van der Waals surface area contributed by atoms with Gasteiger partial charge in [0.05, 0.1) is 10.9 Å².